The minimum absolute atomic E-state index is 0.0729. The summed E-state index contributed by atoms with van der Waals surface area (Å²) < 4.78 is 5.37. The third-order valence-electron chi connectivity index (χ3n) is 4.05. The van der Waals surface area contributed by atoms with Gasteiger partial charge in [0, 0.05) is 39.3 Å². The van der Waals surface area contributed by atoms with Crippen LogP contribution in [-0.4, -0.2) is 74.2 Å². The molecule has 0 aromatic rings. The molecule has 2 rings (SSSR count). The van der Waals surface area contributed by atoms with E-state index in [4.69, 9.17) is 4.74 Å². The Morgan fingerprint density at radius 3 is 2.68 bits per heavy atom. The van der Waals surface area contributed by atoms with Crippen molar-refractivity contribution >= 4 is 5.91 Å². The van der Waals surface area contributed by atoms with E-state index in [1.807, 2.05) is 11.8 Å². The van der Waals surface area contributed by atoms with Crippen molar-refractivity contribution in [2.24, 2.45) is 0 Å². The second kappa shape index (κ2) is 7.82. The molecule has 2 aliphatic rings. The topological polar surface area (TPSA) is 44.8 Å². The molecule has 0 aromatic carbocycles. The molecule has 1 N–H and O–H groups in total. The van der Waals surface area contributed by atoms with Crippen LogP contribution in [-0.2, 0) is 9.53 Å². The molecule has 0 aliphatic carbocycles. The zero-order chi connectivity index (χ0) is 13.5. The molecule has 0 saturated carbocycles. The number of piperazine rings is 1. The van der Waals surface area contributed by atoms with E-state index in [0.717, 1.165) is 58.9 Å². The van der Waals surface area contributed by atoms with E-state index < -0.39 is 0 Å². The highest BCUT2D eigenvalue weighted by molar-refractivity contribution is 5.82. The minimum atomic E-state index is 0.0729. The van der Waals surface area contributed by atoms with E-state index in [0.29, 0.717) is 5.91 Å². The Morgan fingerprint density at radius 1 is 1.26 bits per heavy atom. The lowest BCUT2D eigenvalue weighted by Crippen LogP contribution is -2.55. The maximum absolute atomic E-state index is 12.3. The first-order chi connectivity index (χ1) is 9.31. The molecular formula is C14H27N3O2. The normalized spacial score (nSPS) is 25.5. The number of carbonyl (C=O) groups excluding carboxylic acids is 1. The number of nitrogens with zero attached hydrogens (tertiary/aromatic N) is 2. The number of rotatable bonds is 5. The van der Waals surface area contributed by atoms with Gasteiger partial charge in [-0.1, -0.05) is 6.42 Å². The van der Waals surface area contributed by atoms with Crippen LogP contribution in [0.4, 0.5) is 0 Å². The van der Waals surface area contributed by atoms with E-state index in [-0.39, 0.29) is 6.04 Å². The van der Waals surface area contributed by atoms with Gasteiger partial charge in [-0.25, -0.2) is 0 Å². The molecule has 1 amide bonds. The molecule has 2 aliphatic heterocycles. The van der Waals surface area contributed by atoms with E-state index in [1.54, 1.807) is 0 Å². The van der Waals surface area contributed by atoms with Crippen LogP contribution in [0.1, 0.15) is 26.2 Å². The molecule has 110 valence electrons. The van der Waals surface area contributed by atoms with Crippen LogP contribution >= 0.6 is 0 Å². The fourth-order valence-corrected chi connectivity index (χ4v) is 2.81. The van der Waals surface area contributed by atoms with Crippen molar-refractivity contribution in [1.29, 1.82) is 0 Å². The summed E-state index contributed by atoms with van der Waals surface area (Å²) in [6.45, 7) is 9.26. The Labute approximate surface area is 116 Å². The molecule has 0 bridgehead atoms. The highest BCUT2D eigenvalue weighted by atomic mass is 16.5. The first-order valence-electron chi connectivity index (χ1n) is 7.63. The molecule has 0 unspecified atom stereocenters. The van der Waals surface area contributed by atoms with Gasteiger partial charge >= 0.3 is 0 Å². The van der Waals surface area contributed by atoms with Crippen LogP contribution in [0.5, 0.6) is 0 Å². The lowest BCUT2D eigenvalue weighted by Gasteiger charge is -2.37. The van der Waals surface area contributed by atoms with Crippen molar-refractivity contribution in [2.45, 2.75) is 32.2 Å². The highest BCUT2D eigenvalue weighted by Gasteiger charge is 2.27. The molecule has 19 heavy (non-hydrogen) atoms. The van der Waals surface area contributed by atoms with Crippen LogP contribution in [0.15, 0.2) is 0 Å². The summed E-state index contributed by atoms with van der Waals surface area (Å²) in [5.41, 5.74) is 0. The number of piperidine rings is 1. The Bertz CT molecular complexity index is 272. The molecule has 5 nitrogen and oxygen atoms in total. The van der Waals surface area contributed by atoms with Gasteiger partial charge in [0.1, 0.15) is 0 Å². The van der Waals surface area contributed by atoms with E-state index in [1.165, 1.54) is 12.8 Å². The second-order valence-corrected chi connectivity index (χ2v) is 5.37. The third kappa shape index (κ3) is 4.44. The van der Waals surface area contributed by atoms with Crippen LogP contribution in [0.3, 0.4) is 0 Å². The van der Waals surface area contributed by atoms with Gasteiger partial charge in [0.2, 0.25) is 5.91 Å². The zero-order valence-corrected chi connectivity index (χ0v) is 12.1. The Morgan fingerprint density at radius 2 is 2.05 bits per heavy atom. The average Bonchev–Trinajstić information content (AvgIpc) is 2.48. The molecule has 0 aromatic heterocycles. The number of carbonyl (C=O) groups is 1. The molecule has 2 heterocycles. The summed E-state index contributed by atoms with van der Waals surface area (Å²) in [6, 6.07) is 0.0729. The monoisotopic (exact) mass is 269 g/mol. The fourth-order valence-electron chi connectivity index (χ4n) is 2.81. The van der Waals surface area contributed by atoms with Gasteiger partial charge in [-0.05, 0) is 26.3 Å². The van der Waals surface area contributed by atoms with E-state index in [9.17, 15) is 4.79 Å². The summed E-state index contributed by atoms with van der Waals surface area (Å²) in [5.74, 6) is 0.309. The van der Waals surface area contributed by atoms with Crippen LogP contribution < -0.4 is 5.32 Å². The Hall–Kier alpha value is -0.650. The van der Waals surface area contributed by atoms with Gasteiger partial charge in [-0.15, -0.1) is 0 Å². The Balaban J connectivity index is 1.68. The molecular weight excluding hydrogens is 242 g/mol. The first kappa shape index (κ1) is 14.8. The number of nitrogens with one attached hydrogen (secondary N) is 1. The molecule has 2 saturated heterocycles. The highest BCUT2D eigenvalue weighted by Crippen LogP contribution is 2.11. The average molecular weight is 269 g/mol. The first-order valence-corrected chi connectivity index (χ1v) is 7.63. The van der Waals surface area contributed by atoms with Crippen molar-refractivity contribution in [3.63, 3.8) is 0 Å². The number of ether oxygens (including phenoxy) is 1. The molecule has 2 fully saturated rings. The summed E-state index contributed by atoms with van der Waals surface area (Å²) in [6.07, 6.45) is 3.39. The SMILES string of the molecule is CCOCCN1CCN(C(=O)[C@H]2CCCCN2)CC1. The fraction of sp³-hybridized carbons (Fsp3) is 0.929. The van der Waals surface area contributed by atoms with Gasteiger partial charge in [0.15, 0.2) is 0 Å². The zero-order valence-electron chi connectivity index (χ0n) is 12.1. The second-order valence-electron chi connectivity index (χ2n) is 5.37. The Kier molecular flexibility index (Phi) is 6.07. The molecule has 5 heteroatoms. The number of hydrogen-bond donors (Lipinski definition) is 1. The molecule has 1 atom stereocenters. The molecule has 0 radical (unpaired) electrons. The van der Waals surface area contributed by atoms with Crippen molar-refractivity contribution in [3.8, 4) is 0 Å². The summed E-state index contributed by atoms with van der Waals surface area (Å²) in [4.78, 5) is 16.8. The van der Waals surface area contributed by atoms with Crippen molar-refractivity contribution in [3.05, 3.63) is 0 Å². The van der Waals surface area contributed by atoms with E-state index in [2.05, 4.69) is 10.2 Å². The molecule has 0 spiro atoms. The van der Waals surface area contributed by atoms with Crippen molar-refractivity contribution in [1.82, 2.24) is 15.1 Å². The quantitative estimate of drug-likeness (QED) is 0.730. The van der Waals surface area contributed by atoms with Crippen molar-refractivity contribution in [2.75, 3.05) is 52.5 Å². The van der Waals surface area contributed by atoms with Gasteiger partial charge in [0.25, 0.3) is 0 Å². The summed E-state index contributed by atoms with van der Waals surface area (Å²) in [5, 5.41) is 3.34. The smallest absolute Gasteiger partial charge is 0.239 e. The van der Waals surface area contributed by atoms with Gasteiger partial charge < -0.3 is 15.0 Å². The van der Waals surface area contributed by atoms with Gasteiger partial charge in [-0.2, -0.15) is 0 Å². The standard InChI is InChI=1S/C14H27N3O2/c1-2-19-12-11-16-7-9-17(10-8-16)14(18)13-5-3-4-6-15-13/h13,15H,2-12H2,1H3/t13-/m1/s1. The maximum atomic E-state index is 12.3. The predicted molar refractivity (Wildman–Crippen MR) is 75.2 cm³/mol. The maximum Gasteiger partial charge on any atom is 0.239 e. The van der Waals surface area contributed by atoms with E-state index >= 15 is 0 Å². The van der Waals surface area contributed by atoms with Crippen molar-refractivity contribution < 1.29 is 9.53 Å². The van der Waals surface area contributed by atoms with Gasteiger partial charge in [-0.3, -0.25) is 9.69 Å². The minimum Gasteiger partial charge on any atom is -0.380 e. The lowest BCUT2D eigenvalue weighted by atomic mass is 10.0. The van der Waals surface area contributed by atoms with Crippen LogP contribution in [0.25, 0.3) is 0 Å². The van der Waals surface area contributed by atoms with Gasteiger partial charge in [0.05, 0.1) is 12.6 Å². The largest absolute Gasteiger partial charge is 0.380 e. The van der Waals surface area contributed by atoms with Crippen LogP contribution in [0, 0.1) is 0 Å². The predicted octanol–water partition coefficient (Wildman–Crippen LogP) is 0.309. The number of hydrogen-bond acceptors (Lipinski definition) is 4. The lowest BCUT2D eigenvalue weighted by molar-refractivity contribution is -0.135. The summed E-state index contributed by atoms with van der Waals surface area (Å²) in [7, 11) is 0. The third-order valence-corrected chi connectivity index (χ3v) is 4.05. The van der Waals surface area contributed by atoms with Crippen LogP contribution in [0.2, 0.25) is 0 Å². The number of amides is 1. The summed E-state index contributed by atoms with van der Waals surface area (Å²) >= 11 is 0.